The van der Waals surface area contributed by atoms with Crippen molar-refractivity contribution in [3.8, 4) is 22.8 Å². The minimum absolute atomic E-state index is 0.00302. The van der Waals surface area contributed by atoms with Crippen molar-refractivity contribution in [2.45, 2.75) is 5.16 Å². The van der Waals surface area contributed by atoms with Crippen LogP contribution in [0.15, 0.2) is 53.1 Å². The van der Waals surface area contributed by atoms with Gasteiger partial charge in [0.1, 0.15) is 11.5 Å². The molecule has 9 nitrogen and oxygen atoms in total. The lowest BCUT2D eigenvalue weighted by molar-refractivity contribution is 0.102. The van der Waals surface area contributed by atoms with Gasteiger partial charge in [-0.15, -0.1) is 11.3 Å². The van der Waals surface area contributed by atoms with Crippen molar-refractivity contribution in [3.63, 3.8) is 0 Å². The molecule has 1 amide bonds. The Hall–Kier alpha value is -3.44. The number of hydrogen-bond acceptors (Lipinski definition) is 8. The number of nitrogens with one attached hydrogen (secondary N) is 1. The largest absolute Gasteiger partial charge is 0.497 e. The maximum Gasteiger partial charge on any atom is 0.278 e. The topological polar surface area (TPSA) is 112 Å². The number of benzene rings is 1. The molecule has 0 aliphatic carbocycles. The first kappa shape index (κ1) is 20.8. The van der Waals surface area contributed by atoms with E-state index in [1.54, 1.807) is 62.2 Å². The SMILES string of the molecule is COc1ccc(OC)c(-c2csc(NC(=O)c3nc(S(C)(=O)=O)n4ccccc34)n2)c1. The molecule has 0 atom stereocenters. The number of amides is 1. The second-order valence-electron chi connectivity index (χ2n) is 6.53. The van der Waals surface area contributed by atoms with Crippen molar-refractivity contribution < 1.29 is 22.7 Å². The maximum absolute atomic E-state index is 12.9. The molecule has 0 saturated carbocycles. The number of rotatable bonds is 6. The van der Waals surface area contributed by atoms with Gasteiger partial charge in [-0.3, -0.25) is 14.5 Å². The fourth-order valence-electron chi connectivity index (χ4n) is 3.06. The molecule has 0 bridgehead atoms. The predicted molar refractivity (Wildman–Crippen MR) is 117 cm³/mol. The van der Waals surface area contributed by atoms with Crippen molar-refractivity contribution in [2.75, 3.05) is 25.8 Å². The van der Waals surface area contributed by atoms with E-state index in [0.29, 0.717) is 33.4 Å². The van der Waals surface area contributed by atoms with E-state index in [9.17, 15) is 13.2 Å². The molecule has 0 fully saturated rings. The number of ether oxygens (including phenoxy) is 2. The summed E-state index contributed by atoms with van der Waals surface area (Å²) >= 11 is 1.23. The van der Waals surface area contributed by atoms with Crippen LogP contribution >= 0.6 is 11.3 Å². The molecule has 0 saturated heterocycles. The van der Waals surface area contributed by atoms with Crippen LogP contribution in [0.3, 0.4) is 0 Å². The van der Waals surface area contributed by atoms with Crippen LogP contribution in [-0.4, -0.2) is 49.2 Å². The molecule has 3 aromatic heterocycles. The number of pyridine rings is 1. The summed E-state index contributed by atoms with van der Waals surface area (Å²) in [7, 11) is -0.501. The molecular weight excluding hydrogens is 440 g/mol. The second kappa shape index (κ2) is 8.00. The number of nitrogens with zero attached hydrogens (tertiary/aromatic N) is 3. The molecule has 0 unspecified atom stereocenters. The number of fused-ring (bicyclic) bond motifs is 1. The van der Waals surface area contributed by atoms with Gasteiger partial charge in [0.2, 0.25) is 15.0 Å². The molecule has 3 heterocycles. The molecule has 160 valence electrons. The van der Waals surface area contributed by atoms with Crippen molar-refractivity contribution in [1.82, 2.24) is 14.4 Å². The van der Waals surface area contributed by atoms with E-state index in [0.717, 1.165) is 6.26 Å². The first-order valence-corrected chi connectivity index (χ1v) is 11.8. The minimum Gasteiger partial charge on any atom is -0.497 e. The summed E-state index contributed by atoms with van der Waals surface area (Å²) in [5, 5.41) is 4.61. The van der Waals surface area contributed by atoms with Crippen molar-refractivity contribution >= 4 is 37.7 Å². The molecule has 4 aromatic rings. The average molecular weight is 459 g/mol. The van der Waals surface area contributed by atoms with Crippen LogP contribution in [0.1, 0.15) is 10.5 Å². The third-order valence-electron chi connectivity index (χ3n) is 4.47. The summed E-state index contributed by atoms with van der Waals surface area (Å²) in [5.74, 6) is 0.700. The quantitative estimate of drug-likeness (QED) is 0.472. The average Bonchev–Trinajstić information content (AvgIpc) is 3.37. The Morgan fingerprint density at radius 2 is 1.94 bits per heavy atom. The Labute approximate surface area is 182 Å². The fraction of sp³-hybridized carbons (Fsp3) is 0.150. The molecule has 0 spiro atoms. The third kappa shape index (κ3) is 3.97. The first-order chi connectivity index (χ1) is 14.8. The number of aromatic nitrogens is 3. The number of carbonyl (C=O) groups is 1. The number of anilines is 1. The van der Waals surface area contributed by atoms with E-state index < -0.39 is 15.7 Å². The Balaban J connectivity index is 1.67. The van der Waals surface area contributed by atoms with E-state index in [4.69, 9.17) is 9.47 Å². The van der Waals surface area contributed by atoms with Gasteiger partial charge >= 0.3 is 0 Å². The van der Waals surface area contributed by atoms with Crippen LogP contribution in [-0.2, 0) is 9.84 Å². The van der Waals surface area contributed by atoms with Crippen LogP contribution in [0, 0.1) is 0 Å². The van der Waals surface area contributed by atoms with Gasteiger partial charge in [-0.05, 0) is 30.3 Å². The predicted octanol–water partition coefficient (Wildman–Crippen LogP) is 3.13. The summed E-state index contributed by atoms with van der Waals surface area (Å²) in [5.41, 5.74) is 1.69. The first-order valence-electron chi connectivity index (χ1n) is 8.98. The van der Waals surface area contributed by atoms with Gasteiger partial charge in [-0.2, -0.15) is 0 Å². The lowest BCUT2D eigenvalue weighted by Gasteiger charge is -2.08. The molecule has 1 aromatic carbocycles. The lowest BCUT2D eigenvalue weighted by Crippen LogP contribution is -2.13. The monoisotopic (exact) mass is 458 g/mol. The van der Waals surface area contributed by atoms with E-state index in [1.807, 2.05) is 0 Å². The molecule has 11 heteroatoms. The van der Waals surface area contributed by atoms with Gasteiger partial charge < -0.3 is 9.47 Å². The molecule has 4 rings (SSSR count). The highest BCUT2D eigenvalue weighted by molar-refractivity contribution is 7.90. The van der Waals surface area contributed by atoms with Crippen LogP contribution in [0.25, 0.3) is 16.8 Å². The standard InChI is InChI=1S/C20H18N4O5S2/c1-28-12-7-8-16(29-2)13(10-12)14-11-30-19(21-14)23-18(25)17-15-6-4-5-9-24(15)20(22-17)31(3,26)27/h4-11H,1-3H3,(H,21,23,25). The highest BCUT2D eigenvalue weighted by Gasteiger charge is 2.23. The normalized spacial score (nSPS) is 11.5. The number of hydrogen-bond donors (Lipinski definition) is 1. The lowest BCUT2D eigenvalue weighted by atomic mass is 10.1. The van der Waals surface area contributed by atoms with Gasteiger partial charge in [0.25, 0.3) is 5.91 Å². The fourth-order valence-corrected chi connectivity index (χ4v) is 4.54. The summed E-state index contributed by atoms with van der Waals surface area (Å²) in [6, 6.07) is 10.3. The van der Waals surface area contributed by atoms with Gasteiger partial charge in [0.05, 0.1) is 25.4 Å². The minimum atomic E-state index is -3.63. The molecular formula is C20H18N4O5S2. The zero-order chi connectivity index (χ0) is 22.2. The molecule has 0 radical (unpaired) electrons. The zero-order valence-corrected chi connectivity index (χ0v) is 18.5. The molecule has 0 aliphatic rings. The van der Waals surface area contributed by atoms with E-state index in [-0.39, 0.29) is 10.9 Å². The molecule has 31 heavy (non-hydrogen) atoms. The maximum atomic E-state index is 12.9. The highest BCUT2D eigenvalue weighted by Crippen LogP contribution is 2.35. The smallest absolute Gasteiger partial charge is 0.278 e. The Morgan fingerprint density at radius 3 is 2.65 bits per heavy atom. The Kier molecular flexibility index (Phi) is 5.38. The van der Waals surface area contributed by atoms with Crippen LogP contribution in [0.5, 0.6) is 11.5 Å². The van der Waals surface area contributed by atoms with Crippen LogP contribution in [0.2, 0.25) is 0 Å². The highest BCUT2D eigenvalue weighted by atomic mass is 32.2. The number of imidazole rings is 1. The molecule has 1 N–H and O–H groups in total. The Bertz CT molecular complexity index is 1390. The van der Waals surface area contributed by atoms with E-state index in [1.165, 1.54) is 15.7 Å². The van der Waals surface area contributed by atoms with Crippen LogP contribution < -0.4 is 14.8 Å². The second-order valence-corrected chi connectivity index (χ2v) is 9.30. The van der Waals surface area contributed by atoms with Gasteiger partial charge in [0.15, 0.2) is 10.8 Å². The Morgan fingerprint density at radius 1 is 1.13 bits per heavy atom. The number of thiazole rings is 1. The molecule has 0 aliphatic heterocycles. The van der Waals surface area contributed by atoms with E-state index >= 15 is 0 Å². The van der Waals surface area contributed by atoms with Crippen molar-refractivity contribution in [2.24, 2.45) is 0 Å². The van der Waals surface area contributed by atoms with Crippen molar-refractivity contribution in [1.29, 1.82) is 0 Å². The summed E-state index contributed by atoms with van der Waals surface area (Å²) in [6.07, 6.45) is 2.59. The van der Waals surface area contributed by atoms with Gasteiger partial charge in [0, 0.05) is 23.4 Å². The van der Waals surface area contributed by atoms with E-state index in [2.05, 4.69) is 15.3 Å². The van der Waals surface area contributed by atoms with Crippen LogP contribution in [0.4, 0.5) is 5.13 Å². The summed E-state index contributed by atoms with van der Waals surface area (Å²) < 4.78 is 36.2. The zero-order valence-electron chi connectivity index (χ0n) is 16.8. The number of carbonyl (C=O) groups excluding carboxylic acids is 1. The summed E-state index contributed by atoms with van der Waals surface area (Å²) in [4.78, 5) is 21.4. The number of sulfone groups is 1. The number of methoxy groups -OCH3 is 2. The van der Waals surface area contributed by atoms with Gasteiger partial charge in [-0.1, -0.05) is 6.07 Å². The third-order valence-corrected chi connectivity index (χ3v) is 6.18. The van der Waals surface area contributed by atoms with Gasteiger partial charge in [-0.25, -0.2) is 18.4 Å². The van der Waals surface area contributed by atoms with Crippen molar-refractivity contribution in [3.05, 3.63) is 53.7 Å². The summed E-state index contributed by atoms with van der Waals surface area (Å²) in [6.45, 7) is 0.